The van der Waals surface area contributed by atoms with Gasteiger partial charge in [0.05, 0.1) is 5.02 Å². The van der Waals surface area contributed by atoms with Crippen molar-refractivity contribution in [2.45, 2.75) is 11.3 Å². The van der Waals surface area contributed by atoms with E-state index in [-0.39, 0.29) is 35.5 Å². The fourth-order valence-electron chi connectivity index (χ4n) is 2.30. The van der Waals surface area contributed by atoms with E-state index < -0.39 is 25.9 Å². The van der Waals surface area contributed by atoms with Crippen LogP contribution in [0.4, 0.5) is 4.39 Å². The molecule has 23 heavy (non-hydrogen) atoms. The Kier molecular flexibility index (Phi) is 5.47. The molecule has 10 heteroatoms. The third kappa shape index (κ3) is 4.30. The van der Waals surface area contributed by atoms with Crippen LogP contribution in [0.3, 0.4) is 0 Å². The normalized spacial score (nSPS) is 19.8. The molecule has 0 aromatic heterocycles. The molecule has 0 aliphatic carbocycles. The van der Waals surface area contributed by atoms with Crippen molar-refractivity contribution in [3.05, 3.63) is 41.0 Å². The minimum Gasteiger partial charge on any atom is -0.211 e. The van der Waals surface area contributed by atoms with E-state index in [9.17, 15) is 21.2 Å². The number of rotatable bonds is 6. The molecular formula is C13H16ClFN2O4S2. The van der Waals surface area contributed by atoms with Crippen LogP contribution in [0.2, 0.25) is 5.02 Å². The number of nitrogens with zero attached hydrogens (tertiary/aromatic N) is 1. The molecule has 1 aliphatic rings. The second-order valence-electron chi connectivity index (χ2n) is 5.15. The maximum absolute atomic E-state index is 13.1. The highest BCUT2D eigenvalue weighted by atomic mass is 35.5. The summed E-state index contributed by atoms with van der Waals surface area (Å²) in [4.78, 5) is -0.159. The van der Waals surface area contributed by atoms with Crippen LogP contribution >= 0.6 is 11.6 Å². The molecule has 2 rings (SSSR count). The molecule has 0 radical (unpaired) electrons. The summed E-state index contributed by atoms with van der Waals surface area (Å²) >= 11 is 5.82. The van der Waals surface area contributed by atoms with E-state index >= 15 is 0 Å². The number of halogens is 2. The first-order chi connectivity index (χ1) is 10.7. The van der Waals surface area contributed by atoms with Crippen LogP contribution in [0.5, 0.6) is 0 Å². The van der Waals surface area contributed by atoms with E-state index in [1.165, 1.54) is 4.31 Å². The SMILES string of the molecule is C=CS(=O)(=O)NC[C@H]1CCN(S(=O)(=O)c2ccc(F)cc2Cl)C1. The average Bonchev–Trinajstić information content (AvgIpc) is 2.94. The summed E-state index contributed by atoms with van der Waals surface area (Å²) in [7, 11) is -7.38. The van der Waals surface area contributed by atoms with E-state index in [4.69, 9.17) is 11.6 Å². The van der Waals surface area contributed by atoms with E-state index in [2.05, 4.69) is 11.3 Å². The Morgan fingerprint density at radius 3 is 2.70 bits per heavy atom. The standard InChI is InChI=1S/C13H16ClFN2O4S2/c1-2-22(18,19)16-8-10-5-6-17(9-10)23(20,21)13-4-3-11(15)7-12(13)14/h2-4,7,10,16H,1,5-6,8-9H2/t10-/m1/s1. The molecule has 1 aromatic carbocycles. The Morgan fingerprint density at radius 1 is 1.39 bits per heavy atom. The summed E-state index contributed by atoms with van der Waals surface area (Å²) < 4.78 is 64.3. The highest BCUT2D eigenvalue weighted by Gasteiger charge is 2.34. The Bertz CT molecular complexity index is 811. The molecule has 1 aliphatic heterocycles. The van der Waals surface area contributed by atoms with Crippen LogP contribution in [-0.2, 0) is 20.0 Å². The second-order valence-corrected chi connectivity index (χ2v) is 9.18. The molecule has 1 atom stereocenters. The average molecular weight is 383 g/mol. The van der Waals surface area contributed by atoms with E-state index in [0.29, 0.717) is 6.42 Å². The molecule has 1 aromatic rings. The van der Waals surface area contributed by atoms with Crippen molar-refractivity contribution in [3.8, 4) is 0 Å². The van der Waals surface area contributed by atoms with Gasteiger partial charge in [0, 0.05) is 25.0 Å². The van der Waals surface area contributed by atoms with Crippen molar-refractivity contribution in [2.75, 3.05) is 19.6 Å². The summed E-state index contributed by atoms with van der Waals surface area (Å²) in [5.74, 6) is -0.772. The van der Waals surface area contributed by atoms with Crippen LogP contribution in [0.1, 0.15) is 6.42 Å². The molecule has 0 bridgehead atoms. The lowest BCUT2D eigenvalue weighted by atomic mass is 10.1. The Balaban J connectivity index is 2.10. The van der Waals surface area contributed by atoms with Crippen molar-refractivity contribution in [2.24, 2.45) is 5.92 Å². The van der Waals surface area contributed by atoms with Crippen molar-refractivity contribution in [3.63, 3.8) is 0 Å². The van der Waals surface area contributed by atoms with Gasteiger partial charge in [-0.3, -0.25) is 0 Å². The monoisotopic (exact) mass is 382 g/mol. The fourth-order valence-corrected chi connectivity index (χ4v) is 4.92. The summed E-state index contributed by atoms with van der Waals surface area (Å²) in [5.41, 5.74) is 0. The largest absolute Gasteiger partial charge is 0.244 e. The third-order valence-electron chi connectivity index (χ3n) is 3.55. The highest BCUT2D eigenvalue weighted by Crippen LogP contribution is 2.29. The smallest absolute Gasteiger partial charge is 0.211 e. The quantitative estimate of drug-likeness (QED) is 0.809. The van der Waals surface area contributed by atoms with Crippen molar-refractivity contribution < 1.29 is 21.2 Å². The van der Waals surface area contributed by atoms with Crippen molar-refractivity contribution >= 4 is 31.6 Å². The first-order valence-corrected chi connectivity index (χ1v) is 10.1. The first-order valence-electron chi connectivity index (χ1n) is 6.73. The molecular weight excluding hydrogens is 367 g/mol. The van der Waals surface area contributed by atoms with E-state index in [1.54, 1.807) is 0 Å². The fraction of sp³-hybridized carbons (Fsp3) is 0.385. The predicted molar refractivity (Wildman–Crippen MR) is 85.4 cm³/mol. The molecule has 1 fully saturated rings. The van der Waals surface area contributed by atoms with Gasteiger partial charge in [0.2, 0.25) is 20.0 Å². The number of nitrogens with one attached hydrogen (secondary N) is 1. The molecule has 0 saturated carbocycles. The van der Waals surface area contributed by atoms with Gasteiger partial charge in [0.25, 0.3) is 0 Å². The number of hydrogen-bond acceptors (Lipinski definition) is 4. The van der Waals surface area contributed by atoms with Gasteiger partial charge in [-0.25, -0.2) is 25.9 Å². The number of benzene rings is 1. The topological polar surface area (TPSA) is 83.6 Å². The molecule has 0 amide bonds. The van der Waals surface area contributed by atoms with Gasteiger partial charge in [0.1, 0.15) is 10.7 Å². The van der Waals surface area contributed by atoms with Gasteiger partial charge in [-0.1, -0.05) is 18.2 Å². The Morgan fingerprint density at radius 2 is 2.09 bits per heavy atom. The van der Waals surface area contributed by atoms with Crippen LogP contribution in [0.25, 0.3) is 0 Å². The number of sulfonamides is 2. The molecule has 0 unspecified atom stereocenters. The molecule has 128 valence electrons. The molecule has 1 saturated heterocycles. The van der Waals surface area contributed by atoms with Crippen LogP contribution in [0, 0.1) is 11.7 Å². The van der Waals surface area contributed by atoms with Crippen LogP contribution < -0.4 is 4.72 Å². The van der Waals surface area contributed by atoms with Gasteiger partial charge in [-0.2, -0.15) is 4.31 Å². The van der Waals surface area contributed by atoms with Crippen molar-refractivity contribution in [1.29, 1.82) is 0 Å². The zero-order valence-corrected chi connectivity index (χ0v) is 14.5. The first kappa shape index (κ1) is 18.3. The minimum atomic E-state index is -3.84. The lowest BCUT2D eigenvalue weighted by Crippen LogP contribution is -2.32. The molecule has 0 spiro atoms. The van der Waals surface area contributed by atoms with Crippen LogP contribution in [-0.4, -0.2) is 40.8 Å². The highest BCUT2D eigenvalue weighted by molar-refractivity contribution is 7.92. The van der Waals surface area contributed by atoms with Gasteiger partial charge >= 0.3 is 0 Å². The summed E-state index contributed by atoms with van der Waals surface area (Å²) in [6.07, 6.45) is 0.512. The van der Waals surface area contributed by atoms with Gasteiger partial charge in [-0.15, -0.1) is 0 Å². The Hall–Kier alpha value is -1.00. The van der Waals surface area contributed by atoms with E-state index in [0.717, 1.165) is 23.6 Å². The number of hydrogen-bond donors (Lipinski definition) is 1. The van der Waals surface area contributed by atoms with Gasteiger partial charge < -0.3 is 0 Å². The molecule has 1 N–H and O–H groups in total. The zero-order valence-electron chi connectivity index (χ0n) is 12.1. The van der Waals surface area contributed by atoms with Gasteiger partial charge in [-0.05, 0) is 30.5 Å². The minimum absolute atomic E-state index is 0.123. The molecule has 1 heterocycles. The summed E-state index contributed by atoms with van der Waals surface area (Å²) in [6, 6.07) is 3.10. The van der Waals surface area contributed by atoms with Crippen molar-refractivity contribution in [1.82, 2.24) is 9.03 Å². The van der Waals surface area contributed by atoms with Gasteiger partial charge in [0.15, 0.2) is 0 Å². The van der Waals surface area contributed by atoms with E-state index in [1.807, 2.05) is 0 Å². The lowest BCUT2D eigenvalue weighted by Gasteiger charge is -2.17. The third-order valence-corrected chi connectivity index (χ3v) is 6.91. The lowest BCUT2D eigenvalue weighted by molar-refractivity contribution is 0.455. The Labute approximate surface area is 140 Å². The molecule has 6 nitrogen and oxygen atoms in total. The zero-order chi connectivity index (χ0) is 17.3. The maximum atomic E-state index is 13.1. The second kappa shape index (κ2) is 6.86. The summed E-state index contributed by atoms with van der Waals surface area (Å²) in [6.45, 7) is 3.72. The predicted octanol–water partition coefficient (Wildman–Crippen LogP) is 1.55. The summed E-state index contributed by atoms with van der Waals surface area (Å²) in [5, 5.41) is 0.621. The van der Waals surface area contributed by atoms with Crippen LogP contribution in [0.15, 0.2) is 35.1 Å². The maximum Gasteiger partial charge on any atom is 0.244 e.